The lowest BCUT2D eigenvalue weighted by atomic mass is 10.2. The highest BCUT2D eigenvalue weighted by atomic mass is 16.5. The predicted molar refractivity (Wildman–Crippen MR) is 50.0 cm³/mol. The van der Waals surface area contributed by atoms with Crippen LogP contribution in [0.1, 0.15) is 12.0 Å². The first-order valence-electron chi connectivity index (χ1n) is 4.16. The lowest BCUT2D eigenvalue weighted by Gasteiger charge is -2.02. The van der Waals surface area contributed by atoms with Gasteiger partial charge < -0.3 is 10.5 Å². The molecule has 1 amide bonds. The van der Waals surface area contributed by atoms with Crippen LogP contribution in [0.3, 0.4) is 0 Å². The molecule has 1 rings (SSSR count). The molecule has 4 nitrogen and oxygen atoms in total. The fourth-order valence-corrected chi connectivity index (χ4v) is 0.931. The fourth-order valence-electron chi connectivity index (χ4n) is 0.931. The van der Waals surface area contributed by atoms with Crippen LogP contribution in [0.4, 0.5) is 0 Å². The van der Waals surface area contributed by atoms with Crippen molar-refractivity contribution in [3.63, 3.8) is 0 Å². The van der Waals surface area contributed by atoms with Gasteiger partial charge in [-0.05, 0) is 5.56 Å². The van der Waals surface area contributed by atoms with Crippen molar-refractivity contribution in [1.29, 1.82) is 0 Å². The summed E-state index contributed by atoms with van der Waals surface area (Å²) in [6, 6.07) is 9.22. The summed E-state index contributed by atoms with van der Waals surface area (Å²) < 4.78 is 4.80. The maximum absolute atomic E-state index is 10.9. The number of hydrogen-bond acceptors (Lipinski definition) is 3. The molecule has 0 bridgehead atoms. The van der Waals surface area contributed by atoms with E-state index in [1.807, 2.05) is 30.3 Å². The maximum atomic E-state index is 10.9. The molecule has 0 saturated heterocycles. The van der Waals surface area contributed by atoms with E-state index in [-0.39, 0.29) is 13.0 Å². The largest absolute Gasteiger partial charge is 0.460 e. The molecule has 0 unspecified atom stereocenters. The molecule has 74 valence electrons. The van der Waals surface area contributed by atoms with Crippen LogP contribution in [-0.4, -0.2) is 11.9 Å². The summed E-state index contributed by atoms with van der Waals surface area (Å²) in [5, 5.41) is 0. The predicted octanol–water partition coefficient (Wildman–Crippen LogP) is 0.605. The van der Waals surface area contributed by atoms with Gasteiger partial charge in [0.1, 0.15) is 13.0 Å². The third-order valence-electron chi connectivity index (χ3n) is 1.56. The van der Waals surface area contributed by atoms with Crippen molar-refractivity contribution in [2.75, 3.05) is 0 Å². The van der Waals surface area contributed by atoms with Gasteiger partial charge in [0.05, 0.1) is 0 Å². The summed E-state index contributed by atoms with van der Waals surface area (Å²) in [6.45, 7) is 0.174. The molecular weight excluding hydrogens is 182 g/mol. The number of esters is 1. The van der Waals surface area contributed by atoms with E-state index >= 15 is 0 Å². The summed E-state index contributed by atoms with van der Waals surface area (Å²) >= 11 is 0. The van der Waals surface area contributed by atoms with Crippen LogP contribution in [-0.2, 0) is 20.9 Å². The molecular formula is C10H11NO3. The Kier molecular flexibility index (Phi) is 3.67. The quantitative estimate of drug-likeness (QED) is 0.562. The Morgan fingerprint density at radius 2 is 1.86 bits per heavy atom. The highest BCUT2D eigenvalue weighted by Crippen LogP contribution is 2.01. The molecule has 0 radical (unpaired) electrons. The lowest BCUT2D eigenvalue weighted by Crippen LogP contribution is -2.17. The first-order chi connectivity index (χ1) is 6.68. The summed E-state index contributed by atoms with van der Waals surface area (Å²) in [6.07, 6.45) is -0.368. The summed E-state index contributed by atoms with van der Waals surface area (Å²) in [4.78, 5) is 21.2. The molecule has 1 aromatic rings. The van der Waals surface area contributed by atoms with Crippen molar-refractivity contribution in [1.82, 2.24) is 0 Å². The zero-order valence-corrected chi connectivity index (χ0v) is 7.60. The molecule has 0 atom stereocenters. The molecule has 2 N–H and O–H groups in total. The molecule has 0 heterocycles. The van der Waals surface area contributed by atoms with Crippen LogP contribution in [0.25, 0.3) is 0 Å². The van der Waals surface area contributed by atoms with Gasteiger partial charge in [-0.25, -0.2) is 0 Å². The van der Waals surface area contributed by atoms with Crippen molar-refractivity contribution >= 4 is 11.9 Å². The summed E-state index contributed by atoms with van der Waals surface area (Å²) in [7, 11) is 0. The van der Waals surface area contributed by atoms with E-state index in [1.54, 1.807) is 0 Å². The average molecular weight is 193 g/mol. The molecule has 0 spiro atoms. The van der Waals surface area contributed by atoms with Crippen LogP contribution < -0.4 is 5.73 Å². The van der Waals surface area contributed by atoms with E-state index in [9.17, 15) is 9.59 Å². The molecule has 4 heteroatoms. The number of rotatable bonds is 4. The highest BCUT2D eigenvalue weighted by molar-refractivity contribution is 5.93. The third kappa shape index (κ3) is 3.71. The molecule has 0 saturated carbocycles. The van der Waals surface area contributed by atoms with Crippen LogP contribution in [0.15, 0.2) is 30.3 Å². The van der Waals surface area contributed by atoms with Gasteiger partial charge in [-0.3, -0.25) is 9.59 Å². The van der Waals surface area contributed by atoms with Crippen molar-refractivity contribution < 1.29 is 14.3 Å². The lowest BCUT2D eigenvalue weighted by molar-refractivity contribution is -0.147. The fraction of sp³-hybridized carbons (Fsp3) is 0.200. The average Bonchev–Trinajstić information content (AvgIpc) is 2.15. The molecule has 0 aliphatic heterocycles. The number of hydrogen-bond donors (Lipinski definition) is 1. The van der Waals surface area contributed by atoms with Gasteiger partial charge >= 0.3 is 5.97 Å². The van der Waals surface area contributed by atoms with Crippen molar-refractivity contribution in [3.05, 3.63) is 35.9 Å². The Balaban J connectivity index is 2.34. The second kappa shape index (κ2) is 5.01. The van der Waals surface area contributed by atoms with E-state index in [0.717, 1.165) is 5.56 Å². The minimum Gasteiger partial charge on any atom is -0.460 e. The van der Waals surface area contributed by atoms with Gasteiger partial charge in [0.2, 0.25) is 5.91 Å². The van der Waals surface area contributed by atoms with Crippen LogP contribution in [0.2, 0.25) is 0 Å². The molecule has 0 aliphatic carbocycles. The molecule has 14 heavy (non-hydrogen) atoms. The van der Waals surface area contributed by atoms with E-state index in [4.69, 9.17) is 10.5 Å². The minimum absolute atomic E-state index is 0.174. The number of primary amides is 1. The zero-order chi connectivity index (χ0) is 10.4. The van der Waals surface area contributed by atoms with E-state index < -0.39 is 11.9 Å². The second-order valence-corrected chi connectivity index (χ2v) is 2.79. The topological polar surface area (TPSA) is 69.4 Å². The molecule has 0 fully saturated rings. The number of carbonyl (C=O) groups excluding carboxylic acids is 2. The van der Waals surface area contributed by atoms with E-state index in [0.29, 0.717) is 0 Å². The van der Waals surface area contributed by atoms with Crippen molar-refractivity contribution in [2.24, 2.45) is 5.73 Å². The Labute approximate surface area is 81.7 Å². The standard InChI is InChI=1S/C10H11NO3/c11-9(12)6-10(13)14-7-8-4-2-1-3-5-8/h1-5H,6-7H2,(H2,11,12). The minimum atomic E-state index is -0.678. The number of ether oxygens (including phenoxy) is 1. The monoisotopic (exact) mass is 193 g/mol. The third-order valence-corrected chi connectivity index (χ3v) is 1.56. The zero-order valence-electron chi connectivity index (χ0n) is 7.60. The number of amides is 1. The van der Waals surface area contributed by atoms with Gasteiger partial charge in [0.15, 0.2) is 0 Å². The Morgan fingerprint density at radius 3 is 2.43 bits per heavy atom. The summed E-state index contributed by atoms with van der Waals surface area (Å²) in [5.41, 5.74) is 5.70. The van der Waals surface area contributed by atoms with Gasteiger partial charge in [0.25, 0.3) is 0 Å². The van der Waals surface area contributed by atoms with Crippen molar-refractivity contribution in [2.45, 2.75) is 13.0 Å². The van der Waals surface area contributed by atoms with Crippen LogP contribution in [0.5, 0.6) is 0 Å². The van der Waals surface area contributed by atoms with Gasteiger partial charge in [-0.1, -0.05) is 30.3 Å². The van der Waals surface area contributed by atoms with Crippen LogP contribution in [0, 0.1) is 0 Å². The normalized spacial score (nSPS) is 9.43. The SMILES string of the molecule is NC(=O)CC(=O)OCc1ccccc1. The smallest absolute Gasteiger partial charge is 0.315 e. The van der Waals surface area contributed by atoms with E-state index in [1.165, 1.54) is 0 Å². The first-order valence-corrected chi connectivity index (χ1v) is 4.16. The first kappa shape index (κ1) is 10.2. The molecule has 0 aliphatic rings. The van der Waals surface area contributed by atoms with Crippen LogP contribution >= 0.6 is 0 Å². The number of benzene rings is 1. The maximum Gasteiger partial charge on any atom is 0.315 e. The molecule has 1 aromatic carbocycles. The Hall–Kier alpha value is -1.84. The van der Waals surface area contributed by atoms with Gasteiger partial charge in [-0.15, -0.1) is 0 Å². The molecule has 0 aromatic heterocycles. The summed E-state index contributed by atoms with van der Waals surface area (Å²) in [5.74, 6) is -1.27. The second-order valence-electron chi connectivity index (χ2n) is 2.79. The van der Waals surface area contributed by atoms with Gasteiger partial charge in [-0.2, -0.15) is 0 Å². The Bertz CT molecular complexity index is 321. The highest BCUT2D eigenvalue weighted by Gasteiger charge is 2.06. The van der Waals surface area contributed by atoms with Gasteiger partial charge in [0, 0.05) is 0 Å². The number of nitrogens with two attached hydrogens (primary N) is 1. The Morgan fingerprint density at radius 1 is 1.21 bits per heavy atom. The number of carbonyl (C=O) groups is 2. The van der Waals surface area contributed by atoms with Crippen molar-refractivity contribution in [3.8, 4) is 0 Å². The van der Waals surface area contributed by atoms with E-state index in [2.05, 4.69) is 0 Å².